The molecule has 5 heteroatoms. The van der Waals surface area contributed by atoms with Crippen molar-refractivity contribution in [3.05, 3.63) is 15.8 Å². The molecule has 1 aromatic heterocycles. The molecule has 1 aliphatic carbocycles. The molecular formula is C12H15NO3S. The molecule has 4 nitrogen and oxygen atoms in total. The molecule has 1 saturated carbocycles. The van der Waals surface area contributed by atoms with Crippen molar-refractivity contribution in [2.45, 2.75) is 27.2 Å². The molecule has 0 bridgehead atoms. The zero-order valence-corrected chi connectivity index (χ0v) is 10.9. The number of aryl methyl sites for hydroxylation is 1. The van der Waals surface area contributed by atoms with Crippen LogP contribution in [-0.4, -0.2) is 17.0 Å². The maximum atomic E-state index is 11.9. The summed E-state index contributed by atoms with van der Waals surface area (Å²) in [7, 11) is 0. The highest BCUT2D eigenvalue weighted by Gasteiger charge is 2.50. The van der Waals surface area contributed by atoms with Crippen molar-refractivity contribution in [3.8, 4) is 0 Å². The van der Waals surface area contributed by atoms with Crippen LogP contribution in [0.15, 0.2) is 5.38 Å². The van der Waals surface area contributed by atoms with Gasteiger partial charge in [-0.1, -0.05) is 13.8 Å². The molecule has 1 fully saturated rings. The van der Waals surface area contributed by atoms with Gasteiger partial charge in [0.05, 0.1) is 5.69 Å². The van der Waals surface area contributed by atoms with Crippen LogP contribution in [0.4, 0.5) is 5.69 Å². The second-order valence-electron chi connectivity index (χ2n) is 5.16. The number of amides is 1. The Labute approximate surface area is 104 Å². The lowest BCUT2D eigenvalue weighted by molar-refractivity contribution is -0.118. The van der Waals surface area contributed by atoms with Gasteiger partial charge in [0.25, 0.3) is 0 Å². The first-order valence-corrected chi connectivity index (χ1v) is 6.33. The van der Waals surface area contributed by atoms with Crippen LogP contribution in [0.3, 0.4) is 0 Å². The number of carboxylic acids is 1. The van der Waals surface area contributed by atoms with Gasteiger partial charge >= 0.3 is 5.97 Å². The molecule has 1 aliphatic rings. The minimum atomic E-state index is -0.992. The highest BCUT2D eigenvalue weighted by molar-refractivity contribution is 7.12. The number of nitrogens with one attached hydrogen (secondary N) is 1. The van der Waals surface area contributed by atoms with Crippen molar-refractivity contribution in [2.24, 2.45) is 11.3 Å². The molecule has 1 atom stereocenters. The predicted octanol–water partition coefficient (Wildman–Crippen LogP) is 2.74. The summed E-state index contributed by atoms with van der Waals surface area (Å²) in [6.07, 6.45) is 0.865. The largest absolute Gasteiger partial charge is 0.477 e. The summed E-state index contributed by atoms with van der Waals surface area (Å²) in [5.74, 6) is -1.06. The topological polar surface area (TPSA) is 66.4 Å². The van der Waals surface area contributed by atoms with Crippen LogP contribution in [0.2, 0.25) is 0 Å². The number of carbonyl (C=O) groups is 2. The van der Waals surface area contributed by atoms with Gasteiger partial charge in [0.15, 0.2) is 0 Å². The Kier molecular flexibility index (Phi) is 2.73. The minimum Gasteiger partial charge on any atom is -0.477 e. The average Bonchev–Trinajstić information content (AvgIpc) is 2.70. The fourth-order valence-electron chi connectivity index (χ4n) is 1.88. The van der Waals surface area contributed by atoms with E-state index in [9.17, 15) is 9.59 Å². The van der Waals surface area contributed by atoms with Gasteiger partial charge in [-0.2, -0.15) is 0 Å². The van der Waals surface area contributed by atoms with Crippen LogP contribution < -0.4 is 5.32 Å². The number of aromatic carboxylic acids is 1. The molecule has 0 saturated heterocycles. The van der Waals surface area contributed by atoms with Gasteiger partial charge in [-0.25, -0.2) is 4.79 Å². The second-order valence-corrected chi connectivity index (χ2v) is 6.04. The zero-order valence-electron chi connectivity index (χ0n) is 10.0. The molecule has 0 radical (unpaired) electrons. The van der Waals surface area contributed by atoms with Gasteiger partial charge in [-0.15, -0.1) is 11.3 Å². The summed E-state index contributed by atoms with van der Waals surface area (Å²) in [4.78, 5) is 23.1. The smallest absolute Gasteiger partial charge is 0.348 e. The van der Waals surface area contributed by atoms with Crippen LogP contribution in [0.25, 0.3) is 0 Å². The predicted molar refractivity (Wildman–Crippen MR) is 66.5 cm³/mol. The Bertz CT molecular complexity index is 490. The number of rotatable bonds is 3. The Balaban J connectivity index is 2.16. The Morgan fingerprint density at radius 2 is 2.12 bits per heavy atom. The van der Waals surface area contributed by atoms with Gasteiger partial charge < -0.3 is 10.4 Å². The third-order valence-electron chi connectivity index (χ3n) is 3.25. The summed E-state index contributed by atoms with van der Waals surface area (Å²) in [6.45, 7) is 5.88. The van der Waals surface area contributed by atoms with E-state index in [1.165, 1.54) is 0 Å². The number of anilines is 1. The van der Waals surface area contributed by atoms with Crippen LogP contribution in [0.1, 0.15) is 35.5 Å². The summed E-state index contributed by atoms with van der Waals surface area (Å²) in [5.41, 5.74) is 1.31. The van der Waals surface area contributed by atoms with E-state index < -0.39 is 5.97 Å². The summed E-state index contributed by atoms with van der Waals surface area (Å²) in [5, 5.41) is 13.5. The van der Waals surface area contributed by atoms with Gasteiger partial charge in [0, 0.05) is 5.92 Å². The maximum Gasteiger partial charge on any atom is 0.348 e. The molecule has 0 aromatic carbocycles. The minimum absolute atomic E-state index is 0.00319. The first kappa shape index (κ1) is 12.1. The highest BCUT2D eigenvalue weighted by Crippen LogP contribution is 2.52. The van der Waals surface area contributed by atoms with Crippen molar-refractivity contribution in [2.75, 3.05) is 5.32 Å². The van der Waals surface area contributed by atoms with Crippen LogP contribution in [-0.2, 0) is 4.79 Å². The summed E-state index contributed by atoms with van der Waals surface area (Å²) < 4.78 is 0. The zero-order chi connectivity index (χ0) is 12.8. The van der Waals surface area contributed by atoms with Crippen molar-refractivity contribution in [3.63, 3.8) is 0 Å². The van der Waals surface area contributed by atoms with E-state index in [0.717, 1.165) is 23.3 Å². The first-order chi connectivity index (χ1) is 7.83. The van der Waals surface area contributed by atoms with E-state index in [4.69, 9.17) is 5.11 Å². The van der Waals surface area contributed by atoms with E-state index >= 15 is 0 Å². The molecule has 0 spiro atoms. The van der Waals surface area contributed by atoms with Gasteiger partial charge in [-0.05, 0) is 29.7 Å². The first-order valence-electron chi connectivity index (χ1n) is 5.45. The Morgan fingerprint density at radius 3 is 2.59 bits per heavy atom. The molecular weight excluding hydrogens is 238 g/mol. The maximum absolute atomic E-state index is 11.9. The van der Waals surface area contributed by atoms with Crippen molar-refractivity contribution < 1.29 is 14.7 Å². The fourth-order valence-corrected chi connectivity index (χ4v) is 2.73. The van der Waals surface area contributed by atoms with Gasteiger partial charge in [0.2, 0.25) is 5.91 Å². The Morgan fingerprint density at radius 1 is 1.53 bits per heavy atom. The monoisotopic (exact) mass is 253 g/mol. The SMILES string of the molecule is Cc1csc(C(=O)O)c1NC(=O)C1CC1(C)C. The number of hydrogen-bond acceptors (Lipinski definition) is 3. The van der Waals surface area contributed by atoms with E-state index in [2.05, 4.69) is 5.32 Å². The van der Waals surface area contributed by atoms with Gasteiger partial charge in [0.1, 0.15) is 4.88 Å². The molecule has 92 valence electrons. The van der Waals surface area contributed by atoms with E-state index in [1.807, 2.05) is 13.8 Å². The summed E-state index contributed by atoms with van der Waals surface area (Å²) in [6, 6.07) is 0. The number of carbonyl (C=O) groups excluding carboxylic acids is 1. The lowest BCUT2D eigenvalue weighted by Crippen LogP contribution is -2.18. The molecule has 1 amide bonds. The molecule has 1 aromatic rings. The van der Waals surface area contributed by atoms with Crippen LogP contribution in [0, 0.1) is 18.3 Å². The summed E-state index contributed by atoms with van der Waals surface area (Å²) >= 11 is 1.14. The molecule has 2 N–H and O–H groups in total. The van der Waals surface area contributed by atoms with Crippen molar-refractivity contribution in [1.82, 2.24) is 0 Å². The number of carboxylic acid groups (broad SMARTS) is 1. The molecule has 0 aliphatic heterocycles. The van der Waals surface area contributed by atoms with Crippen LogP contribution >= 0.6 is 11.3 Å². The van der Waals surface area contributed by atoms with E-state index in [0.29, 0.717) is 5.69 Å². The van der Waals surface area contributed by atoms with E-state index in [1.54, 1.807) is 12.3 Å². The standard InChI is InChI=1S/C12H15NO3S/c1-6-5-17-9(11(15)16)8(6)13-10(14)7-4-12(7,2)3/h5,7H,4H2,1-3H3,(H,13,14)(H,15,16). The Hall–Kier alpha value is -1.36. The van der Waals surface area contributed by atoms with Crippen molar-refractivity contribution >= 4 is 28.9 Å². The molecule has 17 heavy (non-hydrogen) atoms. The van der Waals surface area contributed by atoms with Gasteiger partial charge in [-0.3, -0.25) is 4.79 Å². The number of hydrogen-bond donors (Lipinski definition) is 2. The fraction of sp³-hybridized carbons (Fsp3) is 0.500. The van der Waals surface area contributed by atoms with Crippen molar-refractivity contribution in [1.29, 1.82) is 0 Å². The molecule has 1 unspecified atom stereocenters. The molecule has 1 heterocycles. The molecule has 2 rings (SSSR count). The number of thiophene rings is 1. The van der Waals surface area contributed by atoms with E-state index in [-0.39, 0.29) is 22.1 Å². The third kappa shape index (κ3) is 2.20. The average molecular weight is 253 g/mol. The lowest BCUT2D eigenvalue weighted by atomic mass is 10.1. The lowest BCUT2D eigenvalue weighted by Gasteiger charge is -2.07. The van der Waals surface area contributed by atoms with Crippen LogP contribution in [0.5, 0.6) is 0 Å². The highest BCUT2D eigenvalue weighted by atomic mass is 32.1. The normalized spacial score (nSPS) is 21.0. The quantitative estimate of drug-likeness (QED) is 0.870. The second kappa shape index (κ2) is 3.84. The third-order valence-corrected chi connectivity index (χ3v) is 4.33.